The molecule has 0 spiro atoms. The Morgan fingerprint density at radius 1 is 1.22 bits per heavy atom. The summed E-state index contributed by atoms with van der Waals surface area (Å²) >= 11 is 0. The van der Waals surface area contributed by atoms with Crippen LogP contribution in [0.1, 0.15) is 23.7 Å². The van der Waals surface area contributed by atoms with Gasteiger partial charge in [-0.1, -0.05) is 29.8 Å². The van der Waals surface area contributed by atoms with E-state index in [1.807, 2.05) is 6.20 Å². The summed E-state index contributed by atoms with van der Waals surface area (Å²) in [6.45, 7) is 6.42. The van der Waals surface area contributed by atoms with E-state index in [1.54, 1.807) is 0 Å². The van der Waals surface area contributed by atoms with Gasteiger partial charge in [0.05, 0.1) is 12.2 Å². The molecule has 0 bridgehead atoms. The van der Waals surface area contributed by atoms with E-state index in [1.165, 1.54) is 28.8 Å². The number of nitrogens with zero attached hydrogens (tertiary/aromatic N) is 2. The van der Waals surface area contributed by atoms with Gasteiger partial charge in [-0.15, -0.1) is 0 Å². The van der Waals surface area contributed by atoms with Crippen molar-refractivity contribution in [1.29, 1.82) is 0 Å². The molecule has 0 aliphatic carbocycles. The number of rotatable bonds is 2. The first-order valence-electron chi connectivity index (χ1n) is 6.57. The van der Waals surface area contributed by atoms with Crippen LogP contribution in [0.25, 0.3) is 11.1 Å². The lowest BCUT2D eigenvalue weighted by molar-refractivity contribution is 0.480. The number of hydrogen-bond acceptors (Lipinski definition) is 2. The molecule has 1 aliphatic rings. The van der Waals surface area contributed by atoms with Gasteiger partial charge in [-0.05, 0) is 32.4 Å². The summed E-state index contributed by atoms with van der Waals surface area (Å²) < 4.78 is 2.18. The highest BCUT2D eigenvalue weighted by Gasteiger charge is 2.20. The molecule has 3 heteroatoms. The van der Waals surface area contributed by atoms with Gasteiger partial charge in [0.2, 0.25) is 0 Å². The van der Waals surface area contributed by atoms with Crippen molar-refractivity contribution >= 4 is 0 Å². The zero-order valence-corrected chi connectivity index (χ0v) is 11.0. The summed E-state index contributed by atoms with van der Waals surface area (Å²) in [7, 11) is 0. The highest BCUT2D eigenvalue weighted by molar-refractivity contribution is 5.65. The Morgan fingerprint density at radius 3 is 2.67 bits per heavy atom. The van der Waals surface area contributed by atoms with Crippen LogP contribution in [0.5, 0.6) is 0 Å². The minimum absolute atomic E-state index is 0.518. The van der Waals surface area contributed by atoms with Crippen LogP contribution in [0, 0.1) is 13.8 Å². The molecule has 1 aliphatic heterocycles. The van der Waals surface area contributed by atoms with E-state index in [9.17, 15) is 0 Å². The van der Waals surface area contributed by atoms with Crippen molar-refractivity contribution in [3.63, 3.8) is 0 Å². The molecule has 1 fully saturated rings. The third kappa shape index (κ3) is 1.95. The van der Waals surface area contributed by atoms with E-state index in [4.69, 9.17) is 0 Å². The second-order valence-electron chi connectivity index (χ2n) is 5.10. The minimum Gasteiger partial charge on any atom is -0.315 e. The SMILES string of the molecule is Cc1ccc(-c2cnn(C3CCNC3)c2C)cc1. The molecule has 1 unspecified atom stereocenters. The number of nitrogens with one attached hydrogen (secondary N) is 1. The molecule has 3 nitrogen and oxygen atoms in total. The van der Waals surface area contributed by atoms with Crippen LogP contribution < -0.4 is 5.32 Å². The van der Waals surface area contributed by atoms with Crippen LogP contribution in [0.15, 0.2) is 30.5 Å². The lowest BCUT2D eigenvalue weighted by Gasteiger charge is -2.12. The maximum absolute atomic E-state index is 4.57. The van der Waals surface area contributed by atoms with E-state index in [0.29, 0.717) is 6.04 Å². The zero-order chi connectivity index (χ0) is 12.5. The average Bonchev–Trinajstić information content (AvgIpc) is 2.99. The fraction of sp³-hybridized carbons (Fsp3) is 0.400. The van der Waals surface area contributed by atoms with Gasteiger partial charge in [0.25, 0.3) is 0 Å². The highest BCUT2D eigenvalue weighted by atomic mass is 15.3. The summed E-state index contributed by atoms with van der Waals surface area (Å²) in [5, 5.41) is 7.97. The molecule has 1 N–H and O–H groups in total. The maximum atomic E-state index is 4.57. The standard InChI is InChI=1S/C15H19N3/c1-11-3-5-13(6-4-11)15-10-17-18(12(15)2)14-7-8-16-9-14/h3-6,10,14,16H,7-9H2,1-2H3. The van der Waals surface area contributed by atoms with Crippen LogP contribution in [0.3, 0.4) is 0 Å². The largest absolute Gasteiger partial charge is 0.315 e. The van der Waals surface area contributed by atoms with E-state index in [-0.39, 0.29) is 0 Å². The molecular weight excluding hydrogens is 222 g/mol. The van der Waals surface area contributed by atoms with Gasteiger partial charge in [-0.2, -0.15) is 5.10 Å². The van der Waals surface area contributed by atoms with E-state index < -0.39 is 0 Å². The molecule has 18 heavy (non-hydrogen) atoms. The Kier molecular flexibility index (Phi) is 2.92. The van der Waals surface area contributed by atoms with Crippen molar-refractivity contribution in [3.05, 3.63) is 41.7 Å². The molecule has 0 radical (unpaired) electrons. The van der Waals surface area contributed by atoms with Crippen molar-refractivity contribution < 1.29 is 0 Å². The second kappa shape index (κ2) is 4.58. The molecule has 1 saturated heterocycles. The van der Waals surface area contributed by atoms with Crippen molar-refractivity contribution in [3.8, 4) is 11.1 Å². The first-order valence-corrected chi connectivity index (χ1v) is 6.57. The van der Waals surface area contributed by atoms with Gasteiger partial charge >= 0.3 is 0 Å². The summed E-state index contributed by atoms with van der Waals surface area (Å²) in [6, 6.07) is 9.18. The van der Waals surface area contributed by atoms with Crippen molar-refractivity contribution in [1.82, 2.24) is 15.1 Å². The molecule has 1 aromatic heterocycles. The van der Waals surface area contributed by atoms with E-state index in [2.05, 4.69) is 53.2 Å². The molecule has 1 atom stereocenters. The third-order valence-corrected chi connectivity index (χ3v) is 3.79. The van der Waals surface area contributed by atoms with Crippen molar-refractivity contribution in [2.45, 2.75) is 26.3 Å². The second-order valence-corrected chi connectivity index (χ2v) is 5.10. The zero-order valence-electron chi connectivity index (χ0n) is 11.0. The van der Waals surface area contributed by atoms with Gasteiger partial charge < -0.3 is 5.32 Å². The lowest BCUT2D eigenvalue weighted by Crippen LogP contribution is -2.15. The molecular formula is C15H19N3. The first-order chi connectivity index (χ1) is 8.75. The molecule has 0 saturated carbocycles. The normalized spacial score (nSPS) is 19.3. The van der Waals surface area contributed by atoms with E-state index in [0.717, 1.165) is 13.1 Å². The smallest absolute Gasteiger partial charge is 0.0658 e. The van der Waals surface area contributed by atoms with Gasteiger partial charge in [0, 0.05) is 17.8 Å². The summed E-state index contributed by atoms with van der Waals surface area (Å²) in [6.07, 6.45) is 3.17. The van der Waals surface area contributed by atoms with Crippen LogP contribution in [0.4, 0.5) is 0 Å². The first kappa shape index (κ1) is 11.5. The summed E-state index contributed by atoms with van der Waals surface area (Å²) in [5.74, 6) is 0. The number of benzene rings is 1. The number of aryl methyl sites for hydroxylation is 1. The third-order valence-electron chi connectivity index (χ3n) is 3.79. The lowest BCUT2D eigenvalue weighted by atomic mass is 10.1. The predicted octanol–water partition coefficient (Wildman–Crippen LogP) is 2.70. The molecule has 0 amide bonds. The fourth-order valence-corrected chi connectivity index (χ4v) is 2.66. The Balaban J connectivity index is 1.96. The van der Waals surface area contributed by atoms with Crippen molar-refractivity contribution in [2.24, 2.45) is 0 Å². The maximum Gasteiger partial charge on any atom is 0.0658 e. The monoisotopic (exact) mass is 241 g/mol. The fourth-order valence-electron chi connectivity index (χ4n) is 2.66. The Morgan fingerprint density at radius 2 is 2.00 bits per heavy atom. The van der Waals surface area contributed by atoms with Gasteiger partial charge in [0.15, 0.2) is 0 Å². The Labute approximate surface area is 108 Å². The quantitative estimate of drug-likeness (QED) is 0.876. The summed E-state index contributed by atoms with van der Waals surface area (Å²) in [5.41, 5.74) is 5.08. The summed E-state index contributed by atoms with van der Waals surface area (Å²) in [4.78, 5) is 0. The molecule has 2 aromatic rings. The molecule has 94 valence electrons. The molecule has 2 heterocycles. The van der Waals surface area contributed by atoms with Crippen LogP contribution in [0.2, 0.25) is 0 Å². The van der Waals surface area contributed by atoms with Crippen LogP contribution >= 0.6 is 0 Å². The van der Waals surface area contributed by atoms with Gasteiger partial charge in [-0.25, -0.2) is 0 Å². The number of aromatic nitrogens is 2. The molecule has 1 aromatic carbocycles. The van der Waals surface area contributed by atoms with Crippen molar-refractivity contribution in [2.75, 3.05) is 13.1 Å². The number of hydrogen-bond donors (Lipinski definition) is 1. The highest BCUT2D eigenvalue weighted by Crippen LogP contribution is 2.26. The molecule has 3 rings (SSSR count). The van der Waals surface area contributed by atoms with Gasteiger partial charge in [-0.3, -0.25) is 4.68 Å². The Hall–Kier alpha value is -1.61. The van der Waals surface area contributed by atoms with Gasteiger partial charge in [0.1, 0.15) is 0 Å². The topological polar surface area (TPSA) is 29.9 Å². The predicted molar refractivity (Wildman–Crippen MR) is 73.7 cm³/mol. The Bertz CT molecular complexity index is 533. The van der Waals surface area contributed by atoms with Crippen LogP contribution in [-0.2, 0) is 0 Å². The van der Waals surface area contributed by atoms with E-state index >= 15 is 0 Å². The van der Waals surface area contributed by atoms with Crippen LogP contribution in [-0.4, -0.2) is 22.9 Å². The average molecular weight is 241 g/mol. The minimum atomic E-state index is 0.518.